The number of carbonyl (C=O) groups is 2. The Kier molecular flexibility index (Phi) is 5.65. The van der Waals surface area contributed by atoms with E-state index in [1.54, 1.807) is 4.68 Å². The summed E-state index contributed by atoms with van der Waals surface area (Å²) in [6.45, 7) is 6.11. The minimum Gasteiger partial charge on any atom is -0.348 e. The van der Waals surface area contributed by atoms with Crippen molar-refractivity contribution in [2.75, 3.05) is 11.9 Å². The largest absolute Gasteiger partial charge is 0.348 e. The first-order chi connectivity index (χ1) is 13.1. The predicted molar refractivity (Wildman–Crippen MR) is 106 cm³/mol. The van der Waals surface area contributed by atoms with Gasteiger partial charge < -0.3 is 10.6 Å². The van der Waals surface area contributed by atoms with E-state index < -0.39 is 27.2 Å². The van der Waals surface area contributed by atoms with Crippen LogP contribution in [0.1, 0.15) is 64.1 Å². The van der Waals surface area contributed by atoms with Gasteiger partial charge >= 0.3 is 11.8 Å². The first-order valence-corrected chi connectivity index (χ1v) is 11.5. The summed E-state index contributed by atoms with van der Waals surface area (Å²) in [6.07, 6.45) is 7.46. The van der Waals surface area contributed by atoms with Crippen LogP contribution in [0.25, 0.3) is 0 Å². The van der Waals surface area contributed by atoms with E-state index in [1.807, 2.05) is 20.8 Å². The number of hydrogen-bond acceptors (Lipinski definition) is 5. The molecule has 3 rings (SSSR count). The van der Waals surface area contributed by atoms with E-state index in [1.165, 1.54) is 18.4 Å². The van der Waals surface area contributed by atoms with Gasteiger partial charge in [-0.1, -0.05) is 11.6 Å². The van der Waals surface area contributed by atoms with Crippen LogP contribution < -0.4 is 10.6 Å². The molecule has 0 saturated heterocycles. The van der Waals surface area contributed by atoms with E-state index in [-0.39, 0.29) is 11.5 Å². The van der Waals surface area contributed by atoms with Gasteiger partial charge in [0.25, 0.3) is 0 Å². The number of fused-ring (bicyclic) bond motifs is 1. The highest BCUT2D eigenvalue weighted by atomic mass is 32.2. The minimum atomic E-state index is -3.26. The second-order valence-electron chi connectivity index (χ2n) is 8.46. The van der Waals surface area contributed by atoms with Crippen molar-refractivity contribution in [3.8, 4) is 0 Å². The highest BCUT2D eigenvalue weighted by Gasteiger charge is 2.35. The van der Waals surface area contributed by atoms with Gasteiger partial charge in [-0.3, -0.25) is 9.59 Å². The molecule has 1 aliphatic heterocycles. The molecule has 1 aliphatic carbocycles. The molecule has 9 heteroatoms. The Morgan fingerprint density at radius 3 is 2.57 bits per heavy atom. The molecular formula is C19H28N4O4S. The molecule has 0 fully saturated rings. The number of sulfone groups is 1. The third kappa shape index (κ3) is 4.63. The zero-order chi connectivity index (χ0) is 20.5. The lowest BCUT2D eigenvalue weighted by atomic mass is 9.97. The van der Waals surface area contributed by atoms with Crippen LogP contribution in [0.5, 0.6) is 0 Å². The van der Waals surface area contributed by atoms with Crippen LogP contribution in [-0.2, 0) is 36.5 Å². The Hall–Kier alpha value is -2.16. The Morgan fingerprint density at radius 1 is 1.18 bits per heavy atom. The molecule has 8 nitrogen and oxygen atoms in total. The van der Waals surface area contributed by atoms with Gasteiger partial charge in [-0.2, -0.15) is 5.10 Å². The van der Waals surface area contributed by atoms with Gasteiger partial charge in [-0.15, -0.1) is 0 Å². The molecule has 28 heavy (non-hydrogen) atoms. The molecule has 0 radical (unpaired) electrons. The van der Waals surface area contributed by atoms with Gasteiger partial charge in [0.15, 0.2) is 9.84 Å². The molecule has 2 aliphatic rings. The van der Waals surface area contributed by atoms with E-state index in [2.05, 4.69) is 21.8 Å². The Balaban J connectivity index is 1.68. The number of allylic oxidation sites excluding steroid dienone is 1. The number of aromatic nitrogens is 2. The van der Waals surface area contributed by atoms with Crippen molar-refractivity contribution < 1.29 is 18.0 Å². The van der Waals surface area contributed by atoms with Crippen molar-refractivity contribution in [2.45, 2.75) is 69.9 Å². The number of nitrogens with zero attached hydrogens (tertiary/aromatic N) is 2. The molecule has 0 saturated carbocycles. The first kappa shape index (κ1) is 20.6. The van der Waals surface area contributed by atoms with Crippen molar-refractivity contribution in [1.82, 2.24) is 15.1 Å². The lowest BCUT2D eigenvalue weighted by Gasteiger charge is -2.23. The Bertz CT molecular complexity index is 922. The first-order valence-electron chi connectivity index (χ1n) is 9.65. The van der Waals surface area contributed by atoms with Crippen LogP contribution in [-0.4, -0.2) is 36.6 Å². The summed E-state index contributed by atoms with van der Waals surface area (Å²) in [4.78, 5) is 24.6. The third-order valence-corrected chi connectivity index (χ3v) is 6.42. The topological polar surface area (TPSA) is 110 Å². The lowest BCUT2D eigenvalue weighted by molar-refractivity contribution is -0.136. The smallest absolute Gasteiger partial charge is 0.314 e. The molecule has 0 atom stereocenters. The summed E-state index contributed by atoms with van der Waals surface area (Å²) in [6, 6.07) is 0. The number of rotatable bonds is 4. The average Bonchev–Trinajstić information content (AvgIpc) is 3.08. The van der Waals surface area contributed by atoms with Gasteiger partial charge in [0.05, 0.1) is 22.7 Å². The second kappa shape index (κ2) is 7.69. The van der Waals surface area contributed by atoms with Gasteiger partial charge in [0.2, 0.25) is 0 Å². The van der Waals surface area contributed by atoms with Crippen molar-refractivity contribution in [2.24, 2.45) is 0 Å². The maximum atomic E-state index is 12.4. The number of amides is 2. The maximum Gasteiger partial charge on any atom is 0.314 e. The molecule has 0 unspecified atom stereocenters. The molecular weight excluding hydrogens is 380 g/mol. The molecule has 2 heterocycles. The van der Waals surface area contributed by atoms with E-state index in [4.69, 9.17) is 0 Å². The van der Waals surface area contributed by atoms with Crippen LogP contribution in [0.15, 0.2) is 11.6 Å². The number of hydrogen-bond donors (Lipinski definition) is 2. The normalized spacial score (nSPS) is 18.3. The quantitative estimate of drug-likeness (QED) is 0.585. The van der Waals surface area contributed by atoms with E-state index in [9.17, 15) is 18.0 Å². The second-order valence-corrected chi connectivity index (χ2v) is 10.5. The van der Waals surface area contributed by atoms with Crippen LogP contribution in [0.2, 0.25) is 0 Å². The summed E-state index contributed by atoms with van der Waals surface area (Å²) >= 11 is 0. The van der Waals surface area contributed by atoms with Gasteiger partial charge in [0, 0.05) is 12.1 Å². The minimum absolute atomic E-state index is 0.143. The van der Waals surface area contributed by atoms with Crippen molar-refractivity contribution >= 4 is 27.5 Å². The summed E-state index contributed by atoms with van der Waals surface area (Å²) in [7, 11) is -3.26. The fourth-order valence-electron chi connectivity index (χ4n) is 3.57. The summed E-state index contributed by atoms with van der Waals surface area (Å²) in [5.74, 6) is -1.57. The van der Waals surface area contributed by atoms with Crippen molar-refractivity contribution in [3.63, 3.8) is 0 Å². The van der Waals surface area contributed by atoms with Gasteiger partial charge in [0.1, 0.15) is 5.82 Å². The number of anilines is 1. The Labute approximate surface area is 165 Å². The number of nitrogens with one attached hydrogen (secondary N) is 2. The molecule has 1 aromatic rings. The van der Waals surface area contributed by atoms with Crippen LogP contribution >= 0.6 is 0 Å². The molecule has 2 amide bonds. The summed E-state index contributed by atoms with van der Waals surface area (Å²) < 4.78 is 25.4. The average molecular weight is 409 g/mol. The zero-order valence-corrected chi connectivity index (χ0v) is 17.5. The van der Waals surface area contributed by atoms with Crippen molar-refractivity contribution in [1.29, 1.82) is 0 Å². The fourth-order valence-corrected chi connectivity index (χ4v) is 5.06. The molecule has 154 valence electrons. The molecule has 1 aromatic heterocycles. The third-order valence-electron chi connectivity index (χ3n) is 4.98. The van der Waals surface area contributed by atoms with E-state index in [0.29, 0.717) is 23.6 Å². The summed E-state index contributed by atoms with van der Waals surface area (Å²) in [5, 5.41) is 9.62. The SMILES string of the molecule is CC(C)(C)n1nc2c(c1NC(=O)C(=O)NCCC1=CCCCC1)CS(=O)(=O)C2. The van der Waals surface area contributed by atoms with Crippen LogP contribution in [0.4, 0.5) is 5.82 Å². The fraction of sp³-hybridized carbons (Fsp3) is 0.632. The maximum absolute atomic E-state index is 12.4. The predicted octanol–water partition coefficient (Wildman–Crippen LogP) is 2.01. The lowest BCUT2D eigenvalue weighted by Crippen LogP contribution is -2.37. The highest BCUT2D eigenvalue weighted by Crippen LogP contribution is 2.34. The standard InChI is InChI=1S/C19H28N4O4S/c1-19(2,3)23-16(14-11-28(26,27)12-15(14)22-23)21-18(25)17(24)20-10-9-13-7-5-4-6-8-13/h7H,4-6,8-12H2,1-3H3,(H,20,24)(H,21,25). The monoisotopic (exact) mass is 408 g/mol. The van der Waals surface area contributed by atoms with Gasteiger partial charge in [-0.25, -0.2) is 13.1 Å². The number of carbonyl (C=O) groups excluding carboxylic acids is 2. The van der Waals surface area contributed by atoms with Gasteiger partial charge in [-0.05, 0) is 52.9 Å². The van der Waals surface area contributed by atoms with E-state index >= 15 is 0 Å². The van der Waals surface area contributed by atoms with Crippen LogP contribution in [0, 0.1) is 0 Å². The zero-order valence-electron chi connectivity index (χ0n) is 16.7. The Morgan fingerprint density at radius 2 is 1.93 bits per heavy atom. The highest BCUT2D eigenvalue weighted by molar-refractivity contribution is 7.90. The summed E-state index contributed by atoms with van der Waals surface area (Å²) in [5.41, 5.74) is 1.76. The van der Waals surface area contributed by atoms with E-state index in [0.717, 1.165) is 19.3 Å². The molecule has 0 spiro atoms. The van der Waals surface area contributed by atoms with Crippen molar-refractivity contribution in [3.05, 3.63) is 22.9 Å². The molecule has 0 aromatic carbocycles. The molecule has 2 N–H and O–H groups in total. The van der Waals surface area contributed by atoms with Crippen LogP contribution in [0.3, 0.4) is 0 Å². The molecule has 0 bridgehead atoms.